The smallest absolute Gasteiger partial charge is 0.234 e. The normalized spacial score (nSPS) is 15.8. The molecule has 0 spiro atoms. The Morgan fingerprint density at radius 3 is 2.65 bits per heavy atom. The summed E-state index contributed by atoms with van der Waals surface area (Å²) >= 11 is 0. The molecule has 8 nitrogen and oxygen atoms in total. The number of aromatic nitrogens is 3. The lowest BCUT2D eigenvalue weighted by molar-refractivity contribution is -0.114. The third-order valence-corrected chi connectivity index (χ3v) is 6.66. The minimum atomic E-state index is -4.43. The van der Waals surface area contributed by atoms with E-state index in [-0.39, 0.29) is 12.1 Å². The molecule has 0 aliphatic carbocycles. The number of carbonyl (C=O) groups is 1. The summed E-state index contributed by atoms with van der Waals surface area (Å²) in [6.45, 7) is -1.32. The van der Waals surface area contributed by atoms with Gasteiger partial charge in [0.15, 0.2) is 0 Å². The van der Waals surface area contributed by atoms with Crippen LogP contribution in [0.15, 0.2) is 30.9 Å². The van der Waals surface area contributed by atoms with Crippen LogP contribution in [0.3, 0.4) is 0 Å². The highest BCUT2D eigenvalue weighted by atomic mass is 32.3. The van der Waals surface area contributed by atoms with E-state index in [2.05, 4.69) is 10.1 Å². The van der Waals surface area contributed by atoms with Gasteiger partial charge in [-0.1, -0.05) is 6.07 Å². The van der Waals surface area contributed by atoms with E-state index in [4.69, 9.17) is 10.2 Å². The SMILES string of the molecule is CS(N)(=O)(CC[C@](O)(Cn1cncn1)c1ccc(F)cc1F)C(=O)CO. The second-order valence-electron chi connectivity index (χ2n) is 6.35. The van der Waals surface area contributed by atoms with Gasteiger partial charge in [-0.05, 0) is 12.5 Å². The first-order valence-electron chi connectivity index (χ1n) is 7.52. The summed E-state index contributed by atoms with van der Waals surface area (Å²) in [6.07, 6.45) is 3.06. The third-order valence-electron chi connectivity index (χ3n) is 4.09. The van der Waals surface area contributed by atoms with Crippen LogP contribution in [-0.2, 0) is 26.2 Å². The van der Waals surface area contributed by atoms with E-state index in [1.165, 1.54) is 17.3 Å². The monoisotopic (exact) mass is 390 g/mol. The number of carbonyl (C=O) groups excluding carboxylic acids is 1. The number of hydrogen-bond acceptors (Lipinski definition) is 6. The van der Waals surface area contributed by atoms with Crippen molar-refractivity contribution < 1.29 is 28.0 Å². The van der Waals surface area contributed by atoms with E-state index in [9.17, 15) is 22.9 Å². The van der Waals surface area contributed by atoms with Crippen molar-refractivity contribution in [2.45, 2.75) is 18.6 Å². The summed E-state index contributed by atoms with van der Waals surface area (Å²) in [5, 5.41) is 28.5. The predicted octanol–water partition coefficient (Wildman–Crippen LogP) is -0.323. The van der Waals surface area contributed by atoms with Gasteiger partial charge in [0, 0.05) is 32.9 Å². The van der Waals surface area contributed by atoms with Gasteiger partial charge < -0.3 is 10.2 Å². The molecule has 0 bridgehead atoms. The summed E-state index contributed by atoms with van der Waals surface area (Å²) in [4.78, 5) is 15.5. The van der Waals surface area contributed by atoms with Crippen LogP contribution in [0.25, 0.3) is 0 Å². The molecular formula is C15H20F2N4O4S. The summed E-state index contributed by atoms with van der Waals surface area (Å²) in [5.74, 6) is -2.36. The van der Waals surface area contributed by atoms with E-state index in [0.29, 0.717) is 6.07 Å². The Kier molecular flexibility index (Phi) is 5.38. The van der Waals surface area contributed by atoms with Crippen molar-refractivity contribution >= 4 is 14.4 Å². The van der Waals surface area contributed by atoms with Gasteiger partial charge in [-0.2, -0.15) is 5.10 Å². The van der Waals surface area contributed by atoms with E-state index < -0.39 is 50.4 Å². The first-order chi connectivity index (χ1) is 12.0. The molecular weight excluding hydrogens is 370 g/mol. The standard InChI is InChI=1S/C15H20F2N4O4S/c1-26(18,25,14(23)7-22)5-4-15(24,8-21-10-19-9-20-21)12-3-2-11(16)6-13(12)17/h2-3,6,9-10,22,24H,4-5,7-8H2,1H3,(H2,18,25)/t15-/m0/s1. The average Bonchev–Trinajstić information content (AvgIpc) is 3.04. The molecule has 2 rings (SSSR count). The molecule has 0 aliphatic heterocycles. The van der Waals surface area contributed by atoms with Gasteiger partial charge in [0.1, 0.15) is 36.5 Å². The number of aliphatic hydroxyl groups excluding tert-OH is 1. The summed E-state index contributed by atoms with van der Waals surface area (Å²) in [7, 11) is -4.43. The van der Waals surface area contributed by atoms with Crippen molar-refractivity contribution in [2.24, 2.45) is 5.14 Å². The minimum absolute atomic E-state index is 0.269. The Labute approximate surface area is 148 Å². The maximum Gasteiger partial charge on any atom is 0.234 e. The number of benzene rings is 1. The quantitative estimate of drug-likeness (QED) is 0.594. The second kappa shape index (κ2) is 6.91. The van der Waals surface area contributed by atoms with Crippen LogP contribution in [0.2, 0.25) is 0 Å². The maximum atomic E-state index is 14.3. The number of nitrogens with zero attached hydrogens (tertiary/aromatic N) is 3. The largest absolute Gasteiger partial charge is 0.388 e. The average molecular weight is 390 g/mol. The Bertz CT molecular complexity index is 869. The summed E-state index contributed by atoms with van der Waals surface area (Å²) in [5.41, 5.74) is -2.27. The Hall–Kier alpha value is -2.08. The maximum absolute atomic E-state index is 14.3. The van der Waals surface area contributed by atoms with Gasteiger partial charge in [0.25, 0.3) is 0 Å². The molecule has 1 aromatic carbocycles. The zero-order valence-corrected chi connectivity index (χ0v) is 14.8. The van der Waals surface area contributed by atoms with Gasteiger partial charge in [-0.3, -0.25) is 14.1 Å². The molecule has 0 saturated carbocycles. The molecule has 1 heterocycles. The van der Waals surface area contributed by atoms with Crippen LogP contribution in [0, 0.1) is 11.6 Å². The fourth-order valence-electron chi connectivity index (χ4n) is 2.46. The highest BCUT2D eigenvalue weighted by Gasteiger charge is 2.40. The molecule has 0 fully saturated rings. The predicted molar refractivity (Wildman–Crippen MR) is 90.1 cm³/mol. The first kappa shape index (κ1) is 20.2. The van der Waals surface area contributed by atoms with Crippen molar-refractivity contribution in [3.05, 3.63) is 48.1 Å². The second-order valence-corrected chi connectivity index (χ2v) is 10.5. The molecule has 0 amide bonds. The lowest BCUT2D eigenvalue weighted by Crippen LogP contribution is -2.54. The molecule has 0 aliphatic rings. The number of aliphatic hydroxyl groups is 2. The van der Waals surface area contributed by atoms with Crippen LogP contribution >= 0.6 is 0 Å². The number of nitrogens with two attached hydrogens (primary N) is 1. The highest BCUT2D eigenvalue weighted by molar-refractivity contribution is 8.29. The summed E-state index contributed by atoms with van der Waals surface area (Å²) < 4.78 is 41.4. The molecule has 0 saturated heterocycles. The number of rotatable bonds is 7. The fraction of sp³-hybridized carbons (Fsp3) is 0.400. The highest BCUT2D eigenvalue weighted by Crippen LogP contribution is 2.32. The van der Waals surface area contributed by atoms with Gasteiger partial charge in [0.05, 0.1) is 6.54 Å². The van der Waals surface area contributed by atoms with Crippen LogP contribution < -0.4 is 5.14 Å². The topological polar surface area (TPSA) is 131 Å². The van der Waals surface area contributed by atoms with Crippen LogP contribution in [-0.4, -0.2) is 52.9 Å². The van der Waals surface area contributed by atoms with Crippen LogP contribution in [0.4, 0.5) is 8.78 Å². The molecule has 1 aromatic heterocycles. The molecule has 144 valence electrons. The van der Waals surface area contributed by atoms with Crippen LogP contribution in [0.1, 0.15) is 12.0 Å². The Balaban J connectivity index is 2.41. The van der Waals surface area contributed by atoms with E-state index in [1.807, 2.05) is 0 Å². The lowest BCUT2D eigenvalue weighted by Gasteiger charge is -2.36. The zero-order valence-electron chi connectivity index (χ0n) is 14.0. The van der Waals surface area contributed by atoms with E-state index >= 15 is 0 Å². The van der Waals surface area contributed by atoms with E-state index in [0.717, 1.165) is 18.4 Å². The molecule has 0 unspecified atom stereocenters. The first-order valence-corrected chi connectivity index (χ1v) is 10.1. The molecule has 11 heteroatoms. The molecule has 4 N–H and O–H groups in total. The fourth-order valence-corrected chi connectivity index (χ4v) is 3.88. The molecule has 2 aromatic rings. The third kappa shape index (κ3) is 4.36. The molecule has 1 atom stereocenters. The van der Waals surface area contributed by atoms with Crippen molar-refractivity contribution in [3.63, 3.8) is 0 Å². The zero-order chi connectivity index (χ0) is 19.6. The van der Waals surface area contributed by atoms with Crippen molar-refractivity contribution in [2.75, 3.05) is 18.6 Å². The van der Waals surface area contributed by atoms with Crippen molar-refractivity contribution in [1.82, 2.24) is 14.8 Å². The Morgan fingerprint density at radius 2 is 2.12 bits per heavy atom. The number of hydrogen-bond donors (Lipinski definition) is 3. The van der Waals surface area contributed by atoms with E-state index in [1.54, 1.807) is 0 Å². The van der Waals surface area contributed by atoms with Gasteiger partial charge in [-0.25, -0.2) is 18.4 Å². The molecule has 0 radical (unpaired) electrons. The van der Waals surface area contributed by atoms with Crippen molar-refractivity contribution in [3.8, 4) is 0 Å². The van der Waals surface area contributed by atoms with Crippen molar-refractivity contribution in [1.29, 1.82) is 0 Å². The van der Waals surface area contributed by atoms with Gasteiger partial charge in [0.2, 0.25) is 5.12 Å². The minimum Gasteiger partial charge on any atom is -0.388 e. The van der Waals surface area contributed by atoms with Crippen LogP contribution in [0.5, 0.6) is 0 Å². The summed E-state index contributed by atoms with van der Waals surface area (Å²) in [6, 6.07) is 2.62. The van der Waals surface area contributed by atoms with Gasteiger partial charge >= 0.3 is 0 Å². The number of halogens is 2. The van der Waals surface area contributed by atoms with Gasteiger partial charge in [-0.15, -0.1) is 0 Å². The Morgan fingerprint density at radius 1 is 1.42 bits per heavy atom. The molecule has 26 heavy (non-hydrogen) atoms. The lowest BCUT2D eigenvalue weighted by atomic mass is 9.90.